The fraction of sp³-hybridized carbons (Fsp3) is 0.875. The molecule has 0 aromatic heterocycles. The first-order valence-corrected chi connectivity index (χ1v) is 4.88. The lowest BCUT2D eigenvalue weighted by Crippen LogP contribution is -2.30. The first-order chi connectivity index (χ1) is 5.77. The number of carbonyl (C=O) groups excluding carboxylic acids is 1. The van der Waals surface area contributed by atoms with Gasteiger partial charge in [-0.1, -0.05) is 0 Å². The highest BCUT2D eigenvalue weighted by Gasteiger charge is 2.59. The molecule has 3 heterocycles. The molecule has 3 aliphatic heterocycles. The average molecular weight is 181 g/mol. The molecule has 3 radical (unpaired) electrons. The van der Waals surface area contributed by atoms with Crippen molar-refractivity contribution >= 4 is 16.2 Å². The third kappa shape index (κ3) is 0.677. The summed E-state index contributed by atoms with van der Waals surface area (Å²) >= 11 is 0. The molecule has 0 amide bonds. The van der Waals surface area contributed by atoms with Crippen molar-refractivity contribution in [1.29, 1.82) is 0 Å². The van der Waals surface area contributed by atoms with E-state index >= 15 is 0 Å². The Balaban J connectivity index is 1.94. The number of hydrogen-bond acceptors (Lipinski definition) is 3. The zero-order valence-electron chi connectivity index (χ0n) is 6.53. The Labute approximate surface area is 73.8 Å². The summed E-state index contributed by atoms with van der Waals surface area (Å²) in [5, 5.41) is 0. The highest BCUT2D eigenvalue weighted by atomic mass is 28.1. The fourth-order valence-electron chi connectivity index (χ4n) is 2.65. The molecular weight excluding hydrogens is 172 g/mol. The Hall–Kier alpha value is -0.353. The minimum Gasteiger partial charge on any atom is -0.465 e. The zero-order chi connectivity index (χ0) is 8.29. The second kappa shape index (κ2) is 2.11. The molecular formula is C8H9O3Si. The predicted octanol–water partition coefficient (Wildman–Crippen LogP) is -0.0963. The van der Waals surface area contributed by atoms with Gasteiger partial charge in [-0.15, -0.1) is 0 Å². The van der Waals surface area contributed by atoms with Gasteiger partial charge in [-0.05, 0) is 12.0 Å². The summed E-state index contributed by atoms with van der Waals surface area (Å²) in [7, 11) is 3.61. The van der Waals surface area contributed by atoms with Crippen LogP contribution in [0.15, 0.2) is 0 Å². The van der Waals surface area contributed by atoms with Crippen molar-refractivity contribution in [2.45, 2.75) is 24.2 Å². The van der Waals surface area contributed by atoms with Gasteiger partial charge in [0.2, 0.25) is 0 Å². The van der Waals surface area contributed by atoms with Crippen LogP contribution in [0.3, 0.4) is 0 Å². The van der Waals surface area contributed by atoms with Crippen LogP contribution in [-0.4, -0.2) is 35.0 Å². The van der Waals surface area contributed by atoms with Crippen molar-refractivity contribution in [3.05, 3.63) is 0 Å². The first-order valence-electron chi connectivity index (χ1n) is 4.30. The topological polar surface area (TPSA) is 35.5 Å². The van der Waals surface area contributed by atoms with Crippen molar-refractivity contribution in [1.82, 2.24) is 0 Å². The third-order valence-corrected chi connectivity index (χ3v) is 3.75. The van der Waals surface area contributed by atoms with Crippen LogP contribution in [0.4, 0.5) is 0 Å². The van der Waals surface area contributed by atoms with E-state index in [0.29, 0.717) is 18.1 Å². The smallest absolute Gasteiger partial charge is 0.312 e. The maximum atomic E-state index is 11.2. The Kier molecular flexibility index (Phi) is 1.25. The van der Waals surface area contributed by atoms with Crippen LogP contribution in [0.2, 0.25) is 5.54 Å². The number of esters is 1. The number of fused-ring (bicyclic) bond motifs is 5. The van der Waals surface area contributed by atoms with E-state index in [1.807, 2.05) is 0 Å². The zero-order valence-corrected chi connectivity index (χ0v) is 7.53. The fourth-order valence-corrected chi connectivity index (χ4v) is 3.20. The second-order valence-electron chi connectivity index (χ2n) is 3.80. The molecule has 0 aliphatic carbocycles. The van der Waals surface area contributed by atoms with Gasteiger partial charge in [0.15, 0.2) is 0 Å². The Morgan fingerprint density at radius 1 is 1.50 bits per heavy atom. The molecule has 63 valence electrons. The van der Waals surface area contributed by atoms with Crippen LogP contribution in [0.1, 0.15) is 6.42 Å². The molecule has 0 aromatic carbocycles. The summed E-state index contributed by atoms with van der Waals surface area (Å²) in [5.41, 5.74) is 0.422. The van der Waals surface area contributed by atoms with E-state index in [1.54, 1.807) is 0 Å². The van der Waals surface area contributed by atoms with Gasteiger partial charge in [0.25, 0.3) is 0 Å². The van der Waals surface area contributed by atoms with Crippen LogP contribution in [0.25, 0.3) is 0 Å². The number of rotatable bonds is 0. The number of hydrogen-bond donors (Lipinski definition) is 0. The van der Waals surface area contributed by atoms with Gasteiger partial charge in [-0.3, -0.25) is 4.79 Å². The third-order valence-electron chi connectivity index (χ3n) is 3.19. The summed E-state index contributed by atoms with van der Waals surface area (Å²) in [6.07, 6.45) is 1.29. The molecule has 3 fully saturated rings. The van der Waals surface area contributed by atoms with Crippen LogP contribution in [0, 0.1) is 11.8 Å². The normalized spacial score (nSPS) is 55.8. The monoisotopic (exact) mass is 181 g/mol. The molecule has 5 atom stereocenters. The molecule has 0 saturated carbocycles. The maximum absolute atomic E-state index is 11.2. The molecule has 3 aliphatic rings. The molecule has 3 rings (SSSR count). The largest absolute Gasteiger partial charge is 0.465 e. The van der Waals surface area contributed by atoms with Crippen molar-refractivity contribution in [2.75, 3.05) is 6.61 Å². The number of ether oxygens (including phenoxy) is 2. The maximum Gasteiger partial charge on any atom is 0.312 e. The van der Waals surface area contributed by atoms with Crippen LogP contribution >= 0.6 is 0 Å². The molecule has 3 saturated heterocycles. The predicted molar refractivity (Wildman–Crippen MR) is 40.7 cm³/mol. The van der Waals surface area contributed by atoms with Crippen LogP contribution in [-0.2, 0) is 14.3 Å². The van der Waals surface area contributed by atoms with Crippen LogP contribution in [0.5, 0.6) is 0 Å². The SMILES string of the molecule is O=C1OCC2C3OC(CC3[Si])C12. The summed E-state index contributed by atoms with van der Waals surface area (Å²) in [6.45, 7) is 0.561. The Morgan fingerprint density at radius 3 is 3.17 bits per heavy atom. The number of carbonyl (C=O) groups is 1. The van der Waals surface area contributed by atoms with Gasteiger partial charge < -0.3 is 9.47 Å². The van der Waals surface area contributed by atoms with Crippen molar-refractivity contribution in [3.63, 3.8) is 0 Å². The van der Waals surface area contributed by atoms with E-state index in [0.717, 1.165) is 6.42 Å². The summed E-state index contributed by atoms with van der Waals surface area (Å²) in [6, 6.07) is 0. The quantitative estimate of drug-likeness (QED) is 0.387. The highest BCUT2D eigenvalue weighted by Crippen LogP contribution is 2.51. The van der Waals surface area contributed by atoms with Crippen molar-refractivity contribution < 1.29 is 14.3 Å². The molecule has 0 aromatic rings. The Morgan fingerprint density at radius 2 is 2.33 bits per heavy atom. The van der Waals surface area contributed by atoms with Crippen LogP contribution < -0.4 is 0 Å². The summed E-state index contributed by atoms with van der Waals surface area (Å²) in [5.74, 6) is 0.312. The van der Waals surface area contributed by atoms with E-state index < -0.39 is 0 Å². The lowest BCUT2D eigenvalue weighted by molar-refractivity contribution is -0.143. The Bertz CT molecular complexity index is 242. The second-order valence-corrected chi connectivity index (χ2v) is 4.54. The molecule has 5 unspecified atom stereocenters. The number of cyclic esters (lactones) is 1. The lowest BCUT2D eigenvalue weighted by Gasteiger charge is -2.21. The van der Waals surface area contributed by atoms with Gasteiger partial charge in [0.1, 0.15) is 0 Å². The standard InChI is InChI=1S/C8H9O3Si/c9-8-6-3(2-10-8)7-5(12)1-4(6)11-7/h3-7H,1-2H2. The van der Waals surface area contributed by atoms with E-state index in [1.165, 1.54) is 0 Å². The van der Waals surface area contributed by atoms with Crippen molar-refractivity contribution in [3.8, 4) is 0 Å². The minimum absolute atomic E-state index is 0.0441. The molecule has 0 spiro atoms. The summed E-state index contributed by atoms with van der Waals surface area (Å²) < 4.78 is 10.7. The molecule has 4 heteroatoms. The van der Waals surface area contributed by atoms with Crippen molar-refractivity contribution in [2.24, 2.45) is 11.8 Å². The van der Waals surface area contributed by atoms with Gasteiger partial charge >= 0.3 is 5.97 Å². The van der Waals surface area contributed by atoms with Gasteiger partial charge in [-0.2, -0.15) is 0 Å². The molecule has 12 heavy (non-hydrogen) atoms. The van der Waals surface area contributed by atoms with Gasteiger partial charge in [0.05, 0.1) is 24.7 Å². The van der Waals surface area contributed by atoms with E-state index in [9.17, 15) is 4.79 Å². The summed E-state index contributed by atoms with van der Waals surface area (Å²) in [4.78, 5) is 11.2. The van der Waals surface area contributed by atoms with Gasteiger partial charge in [-0.25, -0.2) is 0 Å². The molecule has 2 bridgehead atoms. The van der Waals surface area contributed by atoms with Gasteiger partial charge in [0, 0.05) is 16.2 Å². The molecule has 3 nitrogen and oxygen atoms in total. The van der Waals surface area contributed by atoms with E-state index in [4.69, 9.17) is 9.47 Å². The van der Waals surface area contributed by atoms with E-state index in [2.05, 4.69) is 10.2 Å². The lowest BCUT2D eigenvalue weighted by atomic mass is 9.81. The highest BCUT2D eigenvalue weighted by molar-refractivity contribution is 6.12. The average Bonchev–Trinajstić information content (AvgIpc) is 2.62. The minimum atomic E-state index is -0.0499. The first kappa shape index (κ1) is 7.09. The van der Waals surface area contributed by atoms with E-state index in [-0.39, 0.29) is 24.1 Å². The molecule has 0 N–H and O–H groups in total.